The fraction of sp³-hybridized carbons (Fsp3) is 0.174. The number of hydrogen-bond acceptors (Lipinski definition) is 9. The average Bonchev–Trinajstić information content (AvgIpc) is 3.51. The molecule has 9 aromatic carbocycles. The summed E-state index contributed by atoms with van der Waals surface area (Å²) in [6.07, 6.45) is 0. The van der Waals surface area contributed by atoms with Gasteiger partial charge in [0.15, 0.2) is 0 Å². The summed E-state index contributed by atoms with van der Waals surface area (Å²) in [5.41, 5.74) is 10.1. The second-order valence-electron chi connectivity index (χ2n) is 19.7. The van der Waals surface area contributed by atoms with Crippen molar-refractivity contribution in [3.63, 3.8) is 0 Å². The molecule has 0 aliphatic heterocycles. The van der Waals surface area contributed by atoms with Gasteiger partial charge in [-0.15, -0.1) is 0 Å². The Hall–Kier alpha value is -8.68. The summed E-state index contributed by atoms with van der Waals surface area (Å²) >= 11 is 0. The first-order valence-electron chi connectivity index (χ1n) is 26.0. The van der Waals surface area contributed by atoms with Crippen LogP contribution in [0.25, 0.3) is 0 Å². The van der Waals surface area contributed by atoms with Crippen molar-refractivity contribution in [3.05, 3.63) is 302 Å². The summed E-state index contributed by atoms with van der Waals surface area (Å²) in [6, 6.07) is 69.1. The molecule has 0 aromatic heterocycles. The molecule has 9 rings (SSSR count). The van der Waals surface area contributed by atoms with E-state index in [0.29, 0.717) is 16.7 Å². The predicted octanol–water partition coefficient (Wildman–Crippen LogP) is 11.8. The number of aromatic hydroxyl groups is 3. The Morgan fingerprint density at radius 1 is 0.278 bits per heavy atom. The quantitative estimate of drug-likeness (QED) is 0.0842. The molecule has 10 heteroatoms. The van der Waals surface area contributed by atoms with Crippen LogP contribution in [0, 0.1) is 0 Å². The van der Waals surface area contributed by atoms with E-state index in [2.05, 4.69) is 0 Å². The maximum atomic E-state index is 11.6. The standard InChI is InChI=1S/3C23H22O3.Al/c3*1-15(17-9-5-3-6-10-17)19-13-20(22(24)21(14-19)23(25)26)16(2)18-11-7-4-8-12-18;/h3*3-16,24H,1-2H3,(H,25,26);/q;;;+3/p-3. The fourth-order valence-corrected chi connectivity index (χ4v) is 9.81. The zero-order valence-corrected chi connectivity index (χ0v) is 46.3. The van der Waals surface area contributed by atoms with Crippen molar-refractivity contribution in [1.82, 2.24) is 0 Å². The van der Waals surface area contributed by atoms with Gasteiger partial charge in [0.1, 0.15) is 17.2 Å². The van der Waals surface area contributed by atoms with E-state index in [1.807, 2.05) is 242 Å². The molecule has 0 saturated heterocycles. The first-order chi connectivity index (χ1) is 37.5. The second-order valence-corrected chi connectivity index (χ2v) is 19.7. The van der Waals surface area contributed by atoms with Gasteiger partial charge < -0.3 is 45.0 Å². The van der Waals surface area contributed by atoms with Crippen molar-refractivity contribution in [1.29, 1.82) is 0 Å². The number of carbonyl (C=O) groups excluding carboxylic acids is 3. The number of hydrogen-bond donors (Lipinski definition) is 3. The van der Waals surface area contributed by atoms with E-state index in [1.165, 1.54) is 18.2 Å². The fourth-order valence-electron chi connectivity index (χ4n) is 9.81. The third-order valence-corrected chi connectivity index (χ3v) is 14.8. The molecule has 9 nitrogen and oxygen atoms in total. The molecular weight excluding hydrogens is 1000 g/mol. The second kappa shape index (κ2) is 27.6. The molecule has 0 fully saturated rings. The first kappa shape index (κ1) is 59.6. The van der Waals surface area contributed by atoms with Crippen LogP contribution in [-0.2, 0) is 0 Å². The third-order valence-electron chi connectivity index (χ3n) is 14.8. The summed E-state index contributed by atoms with van der Waals surface area (Å²) in [7, 11) is 0. The Balaban J connectivity index is 0.000000190. The minimum atomic E-state index is -1.37. The molecular formula is C69H63AlO9. The first-order valence-corrected chi connectivity index (χ1v) is 26.0. The summed E-state index contributed by atoms with van der Waals surface area (Å²) in [5.74, 6) is -5.19. The van der Waals surface area contributed by atoms with Crippen LogP contribution in [0.4, 0.5) is 0 Å². The SMILES string of the molecule is CC(c1ccccc1)c1cc(C(=O)[O-])c(O)c(C(C)c2ccccc2)c1.CC(c1ccccc1)c1cc(C(=O)[O-])c(O)c(C(C)c2ccccc2)c1.CC(c1ccccc1)c1cc(C(=O)[O-])c(O)c(C(C)c2ccccc2)c1.[Al+3]. The van der Waals surface area contributed by atoms with Crippen molar-refractivity contribution in [3.8, 4) is 17.2 Å². The van der Waals surface area contributed by atoms with E-state index in [-0.39, 0.29) is 86.8 Å². The van der Waals surface area contributed by atoms with Crippen LogP contribution in [-0.4, -0.2) is 50.6 Å². The van der Waals surface area contributed by atoms with Crippen LogP contribution < -0.4 is 15.3 Å². The van der Waals surface area contributed by atoms with E-state index in [1.54, 1.807) is 0 Å². The number of carboxylic acid groups (broad SMARTS) is 3. The zero-order chi connectivity index (χ0) is 56.0. The minimum Gasteiger partial charge on any atom is -0.545 e. The number of carbonyl (C=O) groups is 3. The van der Waals surface area contributed by atoms with E-state index in [4.69, 9.17) is 0 Å². The number of rotatable bonds is 15. The molecule has 79 heavy (non-hydrogen) atoms. The Morgan fingerprint density at radius 2 is 0.443 bits per heavy atom. The normalized spacial score (nSPS) is 13.0. The van der Waals surface area contributed by atoms with Gasteiger partial charge in [-0.05, 0) is 68.3 Å². The average molecular weight is 1060 g/mol. The maximum absolute atomic E-state index is 11.6. The van der Waals surface area contributed by atoms with E-state index in [0.717, 1.165) is 50.1 Å². The molecule has 0 aliphatic rings. The Morgan fingerprint density at radius 3 is 0.608 bits per heavy atom. The van der Waals surface area contributed by atoms with Crippen LogP contribution in [0.2, 0.25) is 0 Å². The van der Waals surface area contributed by atoms with Crippen molar-refractivity contribution in [2.24, 2.45) is 0 Å². The van der Waals surface area contributed by atoms with Gasteiger partial charge >= 0.3 is 17.4 Å². The van der Waals surface area contributed by atoms with Gasteiger partial charge in [-0.2, -0.15) is 0 Å². The number of phenols is 3. The van der Waals surface area contributed by atoms with E-state index >= 15 is 0 Å². The Labute approximate surface area is 473 Å². The van der Waals surface area contributed by atoms with Gasteiger partial charge in [0.2, 0.25) is 0 Å². The molecule has 9 aromatic rings. The molecule has 0 heterocycles. The van der Waals surface area contributed by atoms with Gasteiger partial charge in [-0.3, -0.25) is 0 Å². The van der Waals surface area contributed by atoms with Crippen LogP contribution in [0.5, 0.6) is 17.2 Å². The molecule has 0 bridgehead atoms. The summed E-state index contributed by atoms with van der Waals surface area (Å²) in [6.45, 7) is 12.0. The molecule has 3 N–H and O–H groups in total. The Kier molecular flexibility index (Phi) is 20.8. The summed E-state index contributed by atoms with van der Waals surface area (Å²) < 4.78 is 0. The van der Waals surface area contributed by atoms with Crippen molar-refractivity contribution in [2.45, 2.75) is 77.0 Å². The molecule has 6 atom stereocenters. The number of aromatic carboxylic acids is 3. The predicted molar refractivity (Wildman–Crippen MR) is 307 cm³/mol. The van der Waals surface area contributed by atoms with Gasteiger partial charge in [0.25, 0.3) is 0 Å². The van der Waals surface area contributed by atoms with Crippen molar-refractivity contribution < 1.29 is 45.0 Å². The minimum absolute atomic E-state index is 0. The van der Waals surface area contributed by atoms with Gasteiger partial charge in [0.05, 0.1) is 17.9 Å². The summed E-state index contributed by atoms with van der Waals surface area (Å²) in [5, 5.41) is 66.4. The van der Waals surface area contributed by atoms with Gasteiger partial charge in [0, 0.05) is 68.9 Å². The van der Waals surface area contributed by atoms with Crippen LogP contribution in [0.15, 0.2) is 218 Å². The third kappa shape index (κ3) is 14.5. The van der Waals surface area contributed by atoms with Crippen LogP contribution in [0.1, 0.15) is 175 Å². The molecule has 6 unspecified atom stereocenters. The summed E-state index contributed by atoms with van der Waals surface area (Å²) in [4.78, 5) is 34.7. The monoisotopic (exact) mass is 1060 g/mol. The molecule has 0 amide bonds. The largest absolute Gasteiger partial charge is 3.00 e. The van der Waals surface area contributed by atoms with Crippen molar-refractivity contribution >= 4 is 35.3 Å². The van der Waals surface area contributed by atoms with E-state index < -0.39 is 17.9 Å². The van der Waals surface area contributed by atoms with Gasteiger partial charge in [-0.1, -0.05) is 242 Å². The Bertz CT molecular complexity index is 3080. The molecule has 396 valence electrons. The number of carboxylic acids is 3. The molecule has 0 radical (unpaired) electrons. The van der Waals surface area contributed by atoms with Crippen molar-refractivity contribution in [2.75, 3.05) is 0 Å². The van der Waals surface area contributed by atoms with Gasteiger partial charge in [-0.25, -0.2) is 0 Å². The number of benzene rings is 9. The topological polar surface area (TPSA) is 181 Å². The van der Waals surface area contributed by atoms with Crippen LogP contribution >= 0.6 is 0 Å². The smallest absolute Gasteiger partial charge is 0.545 e. The molecule has 0 saturated carbocycles. The molecule has 0 aliphatic carbocycles. The van der Waals surface area contributed by atoms with E-state index in [9.17, 15) is 45.0 Å². The zero-order valence-electron chi connectivity index (χ0n) is 45.1. The maximum Gasteiger partial charge on any atom is 3.00 e. The van der Waals surface area contributed by atoms with Crippen LogP contribution in [0.3, 0.4) is 0 Å². The molecule has 0 spiro atoms.